The van der Waals surface area contributed by atoms with E-state index in [0.717, 1.165) is 42.6 Å². The number of fused-ring (bicyclic) bond motifs is 1. The molecule has 10 heteroatoms. The van der Waals surface area contributed by atoms with Crippen LogP contribution in [0, 0.1) is 5.92 Å². The highest BCUT2D eigenvalue weighted by atomic mass is 35.5. The van der Waals surface area contributed by atoms with Gasteiger partial charge < -0.3 is 30.1 Å². The summed E-state index contributed by atoms with van der Waals surface area (Å²) in [6, 6.07) is 13.2. The van der Waals surface area contributed by atoms with Crippen LogP contribution >= 0.6 is 11.6 Å². The van der Waals surface area contributed by atoms with Gasteiger partial charge >= 0.3 is 6.09 Å². The van der Waals surface area contributed by atoms with Crippen LogP contribution in [0.1, 0.15) is 62.5 Å². The van der Waals surface area contributed by atoms with E-state index in [1.54, 1.807) is 29.2 Å². The summed E-state index contributed by atoms with van der Waals surface area (Å²) in [4.78, 5) is 40.8. The van der Waals surface area contributed by atoms with Gasteiger partial charge in [0, 0.05) is 23.6 Å². The van der Waals surface area contributed by atoms with E-state index in [1.165, 1.54) is 6.42 Å². The lowest BCUT2D eigenvalue weighted by Gasteiger charge is -2.28. The van der Waals surface area contributed by atoms with Gasteiger partial charge in [0.1, 0.15) is 25.0 Å². The molecule has 3 amide bonds. The summed E-state index contributed by atoms with van der Waals surface area (Å²) in [6.45, 7) is 1.03. The molecule has 2 atom stereocenters. The lowest BCUT2D eigenvalue weighted by molar-refractivity contribution is -0.132. The number of rotatable bonds is 11. The van der Waals surface area contributed by atoms with Gasteiger partial charge in [-0.25, -0.2) is 4.79 Å². The van der Waals surface area contributed by atoms with Gasteiger partial charge in [-0.1, -0.05) is 74.0 Å². The summed E-state index contributed by atoms with van der Waals surface area (Å²) < 4.78 is 11.1. The number of alkyl carbamates (subject to hydrolysis) is 1. The third kappa shape index (κ3) is 9.64. The average Bonchev–Trinajstić information content (AvgIpc) is 3.21. The molecule has 2 aliphatic rings. The molecular weight excluding hydrogens is 546 g/mol. The van der Waals surface area contributed by atoms with E-state index in [1.807, 2.05) is 24.3 Å². The summed E-state index contributed by atoms with van der Waals surface area (Å²) in [5.41, 5.74) is 1.69. The van der Waals surface area contributed by atoms with E-state index >= 15 is 0 Å². The van der Waals surface area contributed by atoms with Gasteiger partial charge in [-0.3, -0.25) is 9.59 Å². The number of benzene rings is 2. The number of hydrogen-bond donors (Lipinski definition) is 3. The minimum atomic E-state index is -0.811. The van der Waals surface area contributed by atoms with Gasteiger partial charge in [-0.05, 0) is 42.5 Å². The second-order valence-corrected chi connectivity index (χ2v) is 11.3. The third-order valence-corrected chi connectivity index (χ3v) is 7.98. The van der Waals surface area contributed by atoms with Crippen molar-refractivity contribution in [3.05, 3.63) is 64.7 Å². The summed E-state index contributed by atoms with van der Waals surface area (Å²) in [5, 5.41) is 16.1. The molecule has 2 aromatic rings. The molecule has 0 bridgehead atoms. The molecule has 41 heavy (non-hydrogen) atoms. The standard InChI is InChI=1S/C31H40ClN3O6/c32-25-11-6-9-23(17-25)21-41-31(39)34-27(18-22-7-2-1-3-8-22)30(38)33-26(20-36)13-14-29(37)35-15-16-40-28-12-5-4-10-24(28)19-35/h4-6,9-12,17,22,26-27,36H,1-3,7-8,13-16,18-21H2,(H,33,38)(H,34,39)/t26-,27-/m0/s1. The molecule has 4 rings (SSSR count). The molecule has 2 aromatic carbocycles. The number of para-hydroxylation sites is 1. The zero-order valence-corrected chi connectivity index (χ0v) is 24.1. The van der Waals surface area contributed by atoms with E-state index in [4.69, 9.17) is 21.1 Å². The average molecular weight is 586 g/mol. The van der Waals surface area contributed by atoms with Crippen molar-refractivity contribution in [1.82, 2.24) is 15.5 Å². The first-order chi connectivity index (χ1) is 19.9. The second kappa shape index (κ2) is 15.6. The van der Waals surface area contributed by atoms with Crippen LogP contribution in [0.4, 0.5) is 4.79 Å². The summed E-state index contributed by atoms with van der Waals surface area (Å²) in [6.07, 6.45) is 5.62. The number of amides is 3. The van der Waals surface area contributed by atoms with Crippen LogP contribution in [0.15, 0.2) is 48.5 Å². The summed E-state index contributed by atoms with van der Waals surface area (Å²) in [7, 11) is 0. The van der Waals surface area contributed by atoms with Crippen LogP contribution in [0.3, 0.4) is 0 Å². The first-order valence-corrected chi connectivity index (χ1v) is 14.9. The molecule has 9 nitrogen and oxygen atoms in total. The summed E-state index contributed by atoms with van der Waals surface area (Å²) >= 11 is 6.01. The quantitative estimate of drug-likeness (QED) is 0.355. The fourth-order valence-electron chi connectivity index (χ4n) is 5.45. The molecule has 1 aliphatic heterocycles. The van der Waals surface area contributed by atoms with E-state index < -0.39 is 18.2 Å². The predicted octanol–water partition coefficient (Wildman–Crippen LogP) is 4.58. The van der Waals surface area contributed by atoms with Crippen LogP contribution in [0.25, 0.3) is 0 Å². The Morgan fingerprint density at radius 2 is 1.88 bits per heavy atom. The van der Waals surface area contributed by atoms with E-state index in [2.05, 4.69) is 10.6 Å². The van der Waals surface area contributed by atoms with Crippen LogP contribution in [-0.4, -0.2) is 59.8 Å². The molecule has 0 spiro atoms. The van der Waals surface area contributed by atoms with Crippen molar-refractivity contribution in [3.63, 3.8) is 0 Å². The molecular formula is C31H40ClN3O6. The number of carbonyl (C=O) groups is 3. The predicted molar refractivity (Wildman–Crippen MR) is 155 cm³/mol. The number of hydrogen-bond acceptors (Lipinski definition) is 6. The Morgan fingerprint density at radius 1 is 1.07 bits per heavy atom. The molecule has 1 saturated carbocycles. The molecule has 0 aromatic heterocycles. The monoisotopic (exact) mass is 585 g/mol. The smallest absolute Gasteiger partial charge is 0.408 e. The fourth-order valence-corrected chi connectivity index (χ4v) is 5.67. The number of nitrogens with zero attached hydrogens (tertiary/aromatic N) is 1. The zero-order chi connectivity index (χ0) is 29.0. The zero-order valence-electron chi connectivity index (χ0n) is 23.4. The normalized spacial score (nSPS) is 16.9. The maximum atomic E-state index is 13.3. The number of carbonyl (C=O) groups excluding carboxylic acids is 3. The largest absolute Gasteiger partial charge is 0.491 e. The van der Waals surface area contributed by atoms with Crippen LogP contribution in [0.2, 0.25) is 5.02 Å². The van der Waals surface area contributed by atoms with Crippen molar-refractivity contribution in [3.8, 4) is 5.75 Å². The second-order valence-electron chi connectivity index (χ2n) is 10.8. The van der Waals surface area contributed by atoms with Crippen LogP contribution in [0.5, 0.6) is 5.75 Å². The van der Waals surface area contributed by atoms with E-state index in [-0.39, 0.29) is 37.9 Å². The van der Waals surface area contributed by atoms with Gasteiger partial charge in [0.15, 0.2) is 0 Å². The SMILES string of the molecule is O=C(N[C@@H](CC1CCCCC1)C(=O)N[C@H](CO)CCC(=O)N1CCOc2ccccc2C1)OCc1cccc(Cl)c1. The third-order valence-electron chi connectivity index (χ3n) is 7.74. The van der Waals surface area contributed by atoms with Crippen molar-refractivity contribution in [2.24, 2.45) is 5.92 Å². The van der Waals surface area contributed by atoms with Crippen LogP contribution < -0.4 is 15.4 Å². The van der Waals surface area contributed by atoms with Gasteiger partial charge in [0.2, 0.25) is 11.8 Å². The Bertz CT molecular complexity index is 1170. The fraction of sp³-hybridized carbons (Fsp3) is 0.516. The number of aliphatic hydroxyl groups is 1. The highest BCUT2D eigenvalue weighted by Gasteiger charge is 2.28. The molecule has 1 aliphatic carbocycles. The van der Waals surface area contributed by atoms with E-state index in [9.17, 15) is 19.5 Å². The lowest BCUT2D eigenvalue weighted by Crippen LogP contribution is -2.51. The Hall–Kier alpha value is -3.30. The van der Waals surface area contributed by atoms with Gasteiger partial charge in [0.25, 0.3) is 0 Å². The molecule has 0 unspecified atom stereocenters. The molecule has 3 N–H and O–H groups in total. The highest BCUT2D eigenvalue weighted by Crippen LogP contribution is 2.28. The van der Waals surface area contributed by atoms with Crippen molar-refractivity contribution in [2.75, 3.05) is 19.8 Å². The Balaban J connectivity index is 1.31. The Morgan fingerprint density at radius 3 is 2.66 bits per heavy atom. The Labute approximate surface area is 246 Å². The summed E-state index contributed by atoms with van der Waals surface area (Å²) in [5.74, 6) is 0.638. The number of halogens is 1. The lowest BCUT2D eigenvalue weighted by atomic mass is 9.84. The molecule has 0 saturated heterocycles. The van der Waals surface area contributed by atoms with Gasteiger partial charge in [0.05, 0.1) is 19.2 Å². The first-order valence-electron chi connectivity index (χ1n) is 14.5. The van der Waals surface area contributed by atoms with Crippen molar-refractivity contribution in [2.45, 2.75) is 76.6 Å². The highest BCUT2D eigenvalue weighted by molar-refractivity contribution is 6.30. The minimum Gasteiger partial charge on any atom is -0.491 e. The number of aliphatic hydroxyl groups excluding tert-OH is 1. The van der Waals surface area contributed by atoms with Crippen molar-refractivity contribution >= 4 is 29.5 Å². The van der Waals surface area contributed by atoms with Gasteiger partial charge in [-0.15, -0.1) is 0 Å². The maximum absolute atomic E-state index is 13.3. The number of ether oxygens (including phenoxy) is 2. The molecule has 1 heterocycles. The molecule has 222 valence electrons. The first kappa shape index (κ1) is 30.7. The van der Waals surface area contributed by atoms with Gasteiger partial charge in [-0.2, -0.15) is 0 Å². The number of nitrogens with one attached hydrogen (secondary N) is 2. The minimum absolute atomic E-state index is 0.0253. The van der Waals surface area contributed by atoms with Crippen LogP contribution in [-0.2, 0) is 27.5 Å². The topological polar surface area (TPSA) is 117 Å². The Kier molecular flexibility index (Phi) is 11.7. The maximum Gasteiger partial charge on any atom is 0.408 e. The molecule has 0 radical (unpaired) electrons. The molecule has 1 fully saturated rings. The van der Waals surface area contributed by atoms with E-state index in [0.29, 0.717) is 37.1 Å². The van der Waals surface area contributed by atoms with Crippen molar-refractivity contribution < 1.29 is 29.0 Å². The van der Waals surface area contributed by atoms with Crippen molar-refractivity contribution in [1.29, 1.82) is 0 Å².